The van der Waals surface area contributed by atoms with Gasteiger partial charge in [-0.15, -0.1) is 0 Å². The van der Waals surface area contributed by atoms with E-state index in [1.807, 2.05) is 36.5 Å². The Morgan fingerprint density at radius 1 is 0.938 bits per heavy atom. The third-order valence-corrected chi connectivity index (χ3v) is 2.13. The molecule has 0 radical (unpaired) electrons. The number of rotatable bonds is 0. The number of H-pyrrole nitrogens is 1. The fourth-order valence-corrected chi connectivity index (χ4v) is 1.36. The summed E-state index contributed by atoms with van der Waals surface area (Å²) in [5.74, 6) is 0.718. The number of fused-ring (bicyclic) bond motifs is 1. The van der Waals surface area contributed by atoms with Crippen LogP contribution in [0.5, 0.6) is 0 Å². The quantitative estimate of drug-likeness (QED) is 0.600. The summed E-state index contributed by atoms with van der Waals surface area (Å²) in [5.41, 5.74) is 6.28. The van der Waals surface area contributed by atoms with E-state index in [1.165, 1.54) is 5.39 Å². The van der Waals surface area contributed by atoms with Gasteiger partial charge in [0, 0.05) is 17.8 Å². The molecule has 3 heteroatoms. The summed E-state index contributed by atoms with van der Waals surface area (Å²) in [5, 5.41) is 1.20. The van der Waals surface area contributed by atoms with Crippen LogP contribution in [0.4, 0.5) is 5.82 Å². The van der Waals surface area contributed by atoms with Crippen molar-refractivity contribution in [1.82, 2.24) is 9.97 Å². The summed E-state index contributed by atoms with van der Waals surface area (Å²) in [7, 11) is 0. The van der Waals surface area contributed by atoms with Crippen molar-refractivity contribution in [3.63, 3.8) is 0 Å². The Morgan fingerprint density at radius 2 is 1.75 bits per heavy atom. The number of hydrogen-bond donors (Lipinski definition) is 2. The van der Waals surface area contributed by atoms with Crippen LogP contribution in [0.25, 0.3) is 10.9 Å². The van der Waals surface area contributed by atoms with Gasteiger partial charge in [0.1, 0.15) is 5.82 Å². The van der Waals surface area contributed by atoms with Gasteiger partial charge in [0.05, 0.1) is 5.52 Å². The van der Waals surface area contributed by atoms with Gasteiger partial charge in [-0.3, -0.25) is 4.98 Å². The molecule has 0 spiro atoms. The summed E-state index contributed by atoms with van der Waals surface area (Å²) < 4.78 is 0. The Labute approximate surface area is 93.9 Å². The lowest BCUT2D eigenvalue weighted by atomic mass is 10.2. The fourth-order valence-electron chi connectivity index (χ4n) is 1.36. The third kappa shape index (κ3) is 2.60. The molecule has 1 aromatic carbocycles. The average Bonchev–Trinajstić information content (AvgIpc) is 2.81. The number of nitrogen functional groups attached to an aromatic ring is 1. The van der Waals surface area contributed by atoms with Gasteiger partial charge in [-0.1, -0.05) is 24.3 Å². The lowest BCUT2D eigenvalue weighted by molar-refractivity contribution is 1.41. The molecule has 2 aromatic heterocycles. The monoisotopic (exact) mass is 211 g/mol. The summed E-state index contributed by atoms with van der Waals surface area (Å²) >= 11 is 0. The van der Waals surface area contributed by atoms with Crippen LogP contribution < -0.4 is 5.73 Å². The molecule has 0 aliphatic carbocycles. The number of anilines is 1. The van der Waals surface area contributed by atoms with Crippen LogP contribution in [0.1, 0.15) is 0 Å². The van der Waals surface area contributed by atoms with Gasteiger partial charge < -0.3 is 10.7 Å². The topological polar surface area (TPSA) is 54.7 Å². The number of nitrogens with one attached hydrogen (secondary N) is 1. The first-order valence-electron chi connectivity index (χ1n) is 5.05. The molecule has 0 atom stereocenters. The minimum atomic E-state index is 0.718. The number of nitrogens with two attached hydrogens (primary N) is 1. The van der Waals surface area contributed by atoms with Gasteiger partial charge in [-0.05, 0) is 24.3 Å². The van der Waals surface area contributed by atoms with Crippen LogP contribution in [0.2, 0.25) is 0 Å². The Morgan fingerprint density at radius 3 is 2.38 bits per heavy atom. The van der Waals surface area contributed by atoms with E-state index >= 15 is 0 Å². The highest BCUT2D eigenvalue weighted by molar-refractivity contribution is 5.77. The van der Waals surface area contributed by atoms with E-state index in [-0.39, 0.29) is 0 Å². The Balaban J connectivity index is 0.000000138. The molecule has 0 amide bonds. The fraction of sp³-hybridized carbons (Fsp3) is 0. The standard InChI is InChI=1S/C9H7N.C4H6N2/c1-2-6-9-8(4-1)5-3-7-10-9;5-4-2-1-3-6-4/h1-7H;1-3,6H,5H2. The third-order valence-electron chi connectivity index (χ3n) is 2.13. The predicted octanol–water partition coefficient (Wildman–Crippen LogP) is 2.83. The highest BCUT2D eigenvalue weighted by Crippen LogP contribution is 2.07. The summed E-state index contributed by atoms with van der Waals surface area (Å²) in [6, 6.07) is 15.7. The first kappa shape index (κ1) is 10.2. The zero-order chi connectivity index (χ0) is 11.2. The first-order chi connectivity index (χ1) is 7.86. The van der Waals surface area contributed by atoms with Gasteiger partial charge >= 0.3 is 0 Å². The smallest absolute Gasteiger partial charge is 0.100 e. The zero-order valence-electron chi connectivity index (χ0n) is 8.80. The molecule has 80 valence electrons. The maximum Gasteiger partial charge on any atom is 0.100 e. The molecule has 0 saturated heterocycles. The van der Waals surface area contributed by atoms with Gasteiger partial charge in [0.2, 0.25) is 0 Å². The molecule has 3 aromatic rings. The highest BCUT2D eigenvalue weighted by atomic mass is 14.8. The Bertz CT molecular complexity index is 478. The van der Waals surface area contributed by atoms with Gasteiger partial charge in [0.15, 0.2) is 0 Å². The molecule has 0 unspecified atom stereocenters. The molecule has 0 bridgehead atoms. The second kappa shape index (κ2) is 4.98. The Hall–Kier alpha value is -2.29. The van der Waals surface area contributed by atoms with Crippen LogP contribution in [-0.4, -0.2) is 9.97 Å². The second-order valence-electron chi connectivity index (χ2n) is 3.32. The number of aromatic nitrogens is 2. The summed E-state index contributed by atoms with van der Waals surface area (Å²) in [6.07, 6.45) is 3.59. The van der Waals surface area contributed by atoms with Crippen LogP contribution in [-0.2, 0) is 0 Å². The second-order valence-corrected chi connectivity index (χ2v) is 3.32. The van der Waals surface area contributed by atoms with Crippen molar-refractivity contribution >= 4 is 16.7 Å². The number of aromatic amines is 1. The van der Waals surface area contributed by atoms with Gasteiger partial charge in [-0.25, -0.2) is 0 Å². The van der Waals surface area contributed by atoms with Crippen LogP contribution in [0, 0.1) is 0 Å². The molecule has 0 saturated carbocycles. The van der Waals surface area contributed by atoms with Crippen LogP contribution in [0.3, 0.4) is 0 Å². The first-order valence-corrected chi connectivity index (χ1v) is 5.05. The molecule has 3 rings (SSSR count). The maximum absolute atomic E-state index is 5.22. The number of pyridine rings is 1. The van der Waals surface area contributed by atoms with Gasteiger partial charge in [-0.2, -0.15) is 0 Å². The average molecular weight is 211 g/mol. The van der Waals surface area contributed by atoms with E-state index in [9.17, 15) is 0 Å². The molecular weight excluding hydrogens is 198 g/mol. The maximum atomic E-state index is 5.22. The van der Waals surface area contributed by atoms with Crippen LogP contribution >= 0.6 is 0 Å². The van der Waals surface area contributed by atoms with E-state index in [0.717, 1.165) is 11.3 Å². The molecule has 3 N–H and O–H groups in total. The normalized spacial score (nSPS) is 9.50. The van der Waals surface area contributed by atoms with Crippen molar-refractivity contribution in [2.24, 2.45) is 0 Å². The minimum Gasteiger partial charge on any atom is -0.385 e. The van der Waals surface area contributed by atoms with Crippen molar-refractivity contribution in [2.75, 3.05) is 5.73 Å². The molecular formula is C13H13N3. The van der Waals surface area contributed by atoms with Crippen molar-refractivity contribution in [3.05, 3.63) is 60.9 Å². The highest BCUT2D eigenvalue weighted by Gasteiger charge is 1.86. The molecule has 0 aliphatic heterocycles. The van der Waals surface area contributed by atoms with Crippen molar-refractivity contribution in [2.45, 2.75) is 0 Å². The lowest BCUT2D eigenvalue weighted by Crippen LogP contribution is -1.79. The largest absolute Gasteiger partial charge is 0.385 e. The van der Waals surface area contributed by atoms with Crippen molar-refractivity contribution in [3.8, 4) is 0 Å². The number of nitrogens with zero attached hydrogens (tertiary/aromatic N) is 1. The summed E-state index contributed by atoms with van der Waals surface area (Å²) in [6.45, 7) is 0. The predicted molar refractivity (Wildman–Crippen MR) is 66.9 cm³/mol. The molecule has 0 fully saturated rings. The minimum absolute atomic E-state index is 0.718. The van der Waals surface area contributed by atoms with Crippen molar-refractivity contribution in [1.29, 1.82) is 0 Å². The number of para-hydroxylation sites is 1. The van der Waals surface area contributed by atoms with Crippen molar-refractivity contribution < 1.29 is 0 Å². The molecule has 2 heterocycles. The van der Waals surface area contributed by atoms with E-state index in [0.29, 0.717) is 0 Å². The lowest BCUT2D eigenvalue weighted by Gasteiger charge is -1.91. The van der Waals surface area contributed by atoms with E-state index < -0.39 is 0 Å². The van der Waals surface area contributed by atoms with E-state index in [4.69, 9.17) is 5.73 Å². The zero-order valence-corrected chi connectivity index (χ0v) is 8.80. The molecule has 16 heavy (non-hydrogen) atoms. The van der Waals surface area contributed by atoms with E-state index in [2.05, 4.69) is 22.1 Å². The Kier molecular flexibility index (Phi) is 3.18. The number of hydrogen-bond acceptors (Lipinski definition) is 2. The van der Waals surface area contributed by atoms with Crippen LogP contribution in [0.15, 0.2) is 60.9 Å². The molecule has 0 aliphatic rings. The van der Waals surface area contributed by atoms with Gasteiger partial charge in [0.25, 0.3) is 0 Å². The molecule has 3 nitrogen and oxygen atoms in total. The number of benzene rings is 1. The van der Waals surface area contributed by atoms with E-state index in [1.54, 1.807) is 12.3 Å². The SMILES string of the molecule is Nc1ccc[nH]1.c1ccc2ncccc2c1. The summed E-state index contributed by atoms with van der Waals surface area (Å²) in [4.78, 5) is 6.96.